The quantitative estimate of drug-likeness (QED) is 0.623. The van der Waals surface area contributed by atoms with E-state index in [0.717, 1.165) is 0 Å². The predicted molar refractivity (Wildman–Crippen MR) is 111 cm³/mol. The number of nitrogens with one attached hydrogen (secondary N) is 1. The second-order valence-electron chi connectivity index (χ2n) is 6.16. The summed E-state index contributed by atoms with van der Waals surface area (Å²) in [4.78, 5) is 37.2. The molecule has 0 unspecified atom stereocenters. The Bertz CT molecular complexity index is 1140. The van der Waals surface area contributed by atoms with E-state index in [1.165, 1.54) is 16.8 Å². The molecule has 1 aromatic heterocycles. The maximum absolute atomic E-state index is 12.8. The van der Waals surface area contributed by atoms with E-state index in [-0.39, 0.29) is 21.3 Å². The number of rotatable bonds is 5. The zero-order valence-electron chi connectivity index (χ0n) is 15.6. The Kier molecular flexibility index (Phi) is 6.10. The fraction of sp³-hybridized carbons (Fsp3) is 0.150. The molecule has 0 spiro atoms. The summed E-state index contributed by atoms with van der Waals surface area (Å²) < 4.78 is 8.05. The third-order valence-electron chi connectivity index (χ3n) is 4.32. The first-order chi connectivity index (χ1) is 13.8. The van der Waals surface area contributed by atoms with Crippen molar-refractivity contribution >= 4 is 40.8 Å². The second kappa shape index (κ2) is 8.55. The molecule has 0 radical (unpaired) electrons. The Morgan fingerprint density at radius 1 is 1.07 bits per heavy atom. The zero-order valence-corrected chi connectivity index (χ0v) is 17.1. The lowest BCUT2D eigenvalue weighted by molar-refractivity contribution is -0.119. The molecule has 0 bridgehead atoms. The number of carbonyl (C=O) groups excluding carboxylic acids is 2. The summed E-state index contributed by atoms with van der Waals surface area (Å²) in [5.74, 6) is -1.44. The number of aromatic nitrogens is 2. The number of hydrogen-bond acceptors (Lipinski definition) is 4. The number of carbonyl (C=O) groups is 2. The molecule has 0 saturated carbocycles. The first kappa shape index (κ1) is 20.7. The van der Waals surface area contributed by atoms with Crippen LogP contribution in [0.25, 0.3) is 5.69 Å². The molecule has 0 aliphatic rings. The van der Waals surface area contributed by atoms with E-state index in [1.807, 2.05) is 18.2 Å². The van der Waals surface area contributed by atoms with Crippen LogP contribution in [0.3, 0.4) is 0 Å². The summed E-state index contributed by atoms with van der Waals surface area (Å²) in [7, 11) is 1.71. The first-order valence-electron chi connectivity index (χ1n) is 8.56. The minimum Gasteiger partial charge on any atom is -0.452 e. The van der Waals surface area contributed by atoms with Crippen molar-refractivity contribution in [2.45, 2.75) is 6.92 Å². The van der Waals surface area contributed by atoms with E-state index in [4.69, 9.17) is 27.9 Å². The highest BCUT2D eigenvalue weighted by Gasteiger charge is 2.20. The summed E-state index contributed by atoms with van der Waals surface area (Å²) in [5.41, 5.74) is 0.975. The normalized spacial score (nSPS) is 10.6. The summed E-state index contributed by atoms with van der Waals surface area (Å²) >= 11 is 11.8. The van der Waals surface area contributed by atoms with Gasteiger partial charge in [0.05, 0.1) is 27.0 Å². The molecule has 29 heavy (non-hydrogen) atoms. The van der Waals surface area contributed by atoms with Gasteiger partial charge >= 0.3 is 5.97 Å². The lowest BCUT2D eigenvalue weighted by atomic mass is 10.2. The van der Waals surface area contributed by atoms with Crippen LogP contribution >= 0.6 is 23.2 Å². The van der Waals surface area contributed by atoms with Crippen LogP contribution in [0.15, 0.2) is 53.3 Å². The van der Waals surface area contributed by atoms with Gasteiger partial charge in [0.15, 0.2) is 6.61 Å². The molecule has 1 N–H and O–H groups in total. The van der Waals surface area contributed by atoms with Gasteiger partial charge in [-0.3, -0.25) is 14.3 Å². The molecule has 3 aromatic rings. The Morgan fingerprint density at radius 3 is 2.45 bits per heavy atom. The van der Waals surface area contributed by atoms with E-state index < -0.39 is 24.0 Å². The number of hydrogen-bond donors (Lipinski definition) is 1. The third kappa shape index (κ3) is 4.21. The van der Waals surface area contributed by atoms with Crippen LogP contribution in [0.2, 0.25) is 10.0 Å². The van der Waals surface area contributed by atoms with Crippen LogP contribution in [0.4, 0.5) is 5.69 Å². The van der Waals surface area contributed by atoms with Crippen molar-refractivity contribution in [3.63, 3.8) is 0 Å². The number of halogens is 2. The fourth-order valence-electron chi connectivity index (χ4n) is 2.76. The van der Waals surface area contributed by atoms with Crippen molar-refractivity contribution in [3.05, 3.63) is 80.2 Å². The van der Waals surface area contributed by atoms with Crippen LogP contribution in [-0.4, -0.2) is 27.8 Å². The molecule has 2 aromatic carbocycles. The van der Waals surface area contributed by atoms with Crippen molar-refractivity contribution in [3.8, 4) is 5.69 Å². The number of para-hydroxylation sites is 1. The minimum absolute atomic E-state index is 0.0456. The first-order valence-corrected chi connectivity index (χ1v) is 9.32. The van der Waals surface area contributed by atoms with Gasteiger partial charge in [0.2, 0.25) is 0 Å². The number of esters is 1. The van der Waals surface area contributed by atoms with Crippen molar-refractivity contribution in [2.75, 3.05) is 11.9 Å². The zero-order chi connectivity index (χ0) is 21.1. The number of nitrogens with zero attached hydrogens (tertiary/aromatic N) is 2. The lowest BCUT2D eigenvalue weighted by Crippen LogP contribution is -2.26. The van der Waals surface area contributed by atoms with Gasteiger partial charge in [0.25, 0.3) is 11.5 Å². The van der Waals surface area contributed by atoms with E-state index in [2.05, 4.69) is 5.32 Å². The Hall–Kier alpha value is -3.03. The molecule has 9 heteroatoms. The van der Waals surface area contributed by atoms with Crippen molar-refractivity contribution in [1.82, 2.24) is 9.36 Å². The molecule has 1 amide bonds. The lowest BCUT2D eigenvalue weighted by Gasteiger charge is -2.07. The number of anilines is 1. The van der Waals surface area contributed by atoms with Gasteiger partial charge in [-0.05, 0) is 31.2 Å². The van der Waals surface area contributed by atoms with Gasteiger partial charge in [-0.25, -0.2) is 9.48 Å². The van der Waals surface area contributed by atoms with E-state index in [1.54, 1.807) is 36.9 Å². The third-order valence-corrected chi connectivity index (χ3v) is 5.14. The van der Waals surface area contributed by atoms with Crippen LogP contribution < -0.4 is 10.9 Å². The van der Waals surface area contributed by atoms with Crippen LogP contribution in [-0.2, 0) is 16.6 Å². The molecule has 7 nitrogen and oxygen atoms in total. The molecule has 3 rings (SSSR count). The summed E-state index contributed by atoms with van der Waals surface area (Å²) in [5, 5.41) is 2.76. The van der Waals surface area contributed by atoms with Crippen LogP contribution in [0.1, 0.15) is 16.1 Å². The number of benzene rings is 2. The van der Waals surface area contributed by atoms with Gasteiger partial charge in [-0.15, -0.1) is 0 Å². The average Bonchev–Trinajstić information content (AvgIpc) is 2.92. The molecule has 0 atom stereocenters. The smallest absolute Gasteiger partial charge is 0.340 e. The molecular formula is C20H17Cl2N3O4. The van der Waals surface area contributed by atoms with Crippen LogP contribution in [0.5, 0.6) is 0 Å². The fourth-order valence-corrected chi connectivity index (χ4v) is 3.14. The molecule has 150 valence electrons. The minimum atomic E-state index is -0.792. The Balaban J connectivity index is 1.74. The maximum atomic E-state index is 12.8. The monoisotopic (exact) mass is 433 g/mol. The highest BCUT2D eigenvalue weighted by Crippen LogP contribution is 2.26. The second-order valence-corrected chi connectivity index (χ2v) is 6.95. The average molecular weight is 434 g/mol. The Morgan fingerprint density at radius 2 is 1.76 bits per heavy atom. The Labute approximate surface area is 176 Å². The van der Waals surface area contributed by atoms with Gasteiger partial charge in [-0.2, -0.15) is 0 Å². The maximum Gasteiger partial charge on any atom is 0.340 e. The van der Waals surface area contributed by atoms with Gasteiger partial charge in [0, 0.05) is 7.05 Å². The van der Waals surface area contributed by atoms with Gasteiger partial charge in [0.1, 0.15) is 5.69 Å². The SMILES string of the molecule is Cc1c(NC(=O)COC(=O)c2cccc(Cl)c2Cl)c(=O)n(-c2ccccc2)n1C. The molecular weight excluding hydrogens is 417 g/mol. The molecule has 0 aliphatic heterocycles. The number of ether oxygens (including phenoxy) is 1. The standard InChI is InChI=1S/C20H17Cl2N3O4/c1-12-18(19(27)25(24(12)2)13-7-4-3-5-8-13)23-16(26)11-29-20(28)14-9-6-10-15(21)17(14)22/h3-10H,11H2,1-2H3,(H,23,26). The highest BCUT2D eigenvalue weighted by molar-refractivity contribution is 6.43. The largest absolute Gasteiger partial charge is 0.452 e. The topological polar surface area (TPSA) is 82.3 Å². The van der Waals surface area contributed by atoms with Gasteiger partial charge < -0.3 is 10.1 Å². The summed E-state index contributed by atoms with van der Waals surface area (Å²) in [6.45, 7) is 1.12. The summed E-state index contributed by atoms with van der Waals surface area (Å²) in [6.07, 6.45) is 0. The van der Waals surface area contributed by atoms with E-state index >= 15 is 0 Å². The van der Waals surface area contributed by atoms with E-state index in [9.17, 15) is 14.4 Å². The van der Waals surface area contributed by atoms with Crippen molar-refractivity contribution in [2.24, 2.45) is 7.05 Å². The summed E-state index contributed by atoms with van der Waals surface area (Å²) in [6, 6.07) is 13.5. The van der Waals surface area contributed by atoms with Gasteiger partial charge in [-0.1, -0.05) is 47.5 Å². The molecule has 0 fully saturated rings. The van der Waals surface area contributed by atoms with Crippen molar-refractivity contribution < 1.29 is 14.3 Å². The molecule has 1 heterocycles. The molecule has 0 aliphatic carbocycles. The van der Waals surface area contributed by atoms with E-state index in [0.29, 0.717) is 11.4 Å². The van der Waals surface area contributed by atoms with Crippen molar-refractivity contribution in [1.29, 1.82) is 0 Å². The highest BCUT2D eigenvalue weighted by atomic mass is 35.5. The van der Waals surface area contributed by atoms with Crippen LogP contribution in [0, 0.1) is 6.92 Å². The molecule has 0 saturated heterocycles. The number of amides is 1. The predicted octanol–water partition coefficient (Wildman–Crippen LogP) is 3.59.